The molecule has 0 radical (unpaired) electrons. The van der Waals surface area contributed by atoms with Crippen molar-refractivity contribution in [3.8, 4) is 0 Å². The Bertz CT molecular complexity index is 268. The third-order valence-corrected chi connectivity index (χ3v) is 2.05. The second-order valence-electron chi connectivity index (χ2n) is 2.89. The molecule has 1 atom stereocenters. The van der Waals surface area contributed by atoms with Crippen LogP contribution in [-0.2, 0) is 0 Å². The minimum Gasteiger partial charge on any atom is -0.291 e. The normalized spacial score (nSPS) is 21.8. The second kappa shape index (κ2) is 3.34. The molecule has 3 heteroatoms. The Hall–Kier alpha value is -1.38. The lowest BCUT2D eigenvalue weighted by atomic mass is 9.99. The Balaban J connectivity index is 2.15. The van der Waals surface area contributed by atoms with Crippen molar-refractivity contribution in [3.05, 3.63) is 35.9 Å². The standard InChI is InChI=1S/C9H11N3/c1-2-4-8(5-3-1)9-6-10-12-11-7-9/h1-5,9H,6-7H2,(H,10,11). The van der Waals surface area contributed by atoms with Gasteiger partial charge in [0.1, 0.15) is 0 Å². The molecule has 1 N–H and O–H groups in total. The van der Waals surface area contributed by atoms with Crippen molar-refractivity contribution in [3.63, 3.8) is 0 Å². The number of nitrogens with zero attached hydrogens (tertiary/aromatic N) is 2. The Morgan fingerprint density at radius 3 is 2.75 bits per heavy atom. The van der Waals surface area contributed by atoms with Crippen LogP contribution in [0, 0.1) is 0 Å². The highest BCUT2D eigenvalue weighted by Gasteiger charge is 2.12. The van der Waals surface area contributed by atoms with Crippen molar-refractivity contribution in [2.24, 2.45) is 10.3 Å². The predicted molar refractivity (Wildman–Crippen MR) is 46.9 cm³/mol. The summed E-state index contributed by atoms with van der Waals surface area (Å²) < 4.78 is 0. The van der Waals surface area contributed by atoms with Crippen molar-refractivity contribution in [2.75, 3.05) is 13.1 Å². The molecule has 3 nitrogen and oxygen atoms in total. The fourth-order valence-electron chi connectivity index (χ4n) is 1.35. The molecule has 2 rings (SSSR count). The summed E-state index contributed by atoms with van der Waals surface area (Å²) in [4.78, 5) is 0. The summed E-state index contributed by atoms with van der Waals surface area (Å²) in [5, 5.41) is 7.68. The van der Waals surface area contributed by atoms with Gasteiger partial charge in [0.2, 0.25) is 0 Å². The lowest BCUT2D eigenvalue weighted by Crippen LogP contribution is -2.22. The summed E-state index contributed by atoms with van der Waals surface area (Å²) in [6.45, 7) is 1.70. The first-order valence-corrected chi connectivity index (χ1v) is 4.11. The van der Waals surface area contributed by atoms with Crippen LogP contribution in [0.25, 0.3) is 0 Å². The van der Waals surface area contributed by atoms with E-state index < -0.39 is 0 Å². The van der Waals surface area contributed by atoms with Crippen LogP contribution in [0.15, 0.2) is 40.7 Å². The van der Waals surface area contributed by atoms with Crippen molar-refractivity contribution < 1.29 is 0 Å². The highest BCUT2D eigenvalue weighted by atomic mass is 15.4. The molecule has 0 unspecified atom stereocenters. The van der Waals surface area contributed by atoms with Crippen LogP contribution < -0.4 is 5.43 Å². The van der Waals surface area contributed by atoms with E-state index in [1.807, 2.05) is 6.07 Å². The van der Waals surface area contributed by atoms with Gasteiger partial charge in [-0.05, 0) is 5.56 Å². The van der Waals surface area contributed by atoms with Gasteiger partial charge in [-0.15, -0.1) is 0 Å². The molecule has 1 aromatic rings. The second-order valence-corrected chi connectivity index (χ2v) is 2.89. The maximum Gasteiger partial charge on any atom is 0.0706 e. The minimum atomic E-state index is 0.490. The Kier molecular flexibility index (Phi) is 2.03. The monoisotopic (exact) mass is 161 g/mol. The fraction of sp³-hybridized carbons (Fsp3) is 0.333. The lowest BCUT2D eigenvalue weighted by molar-refractivity contribution is 0.518. The first kappa shape index (κ1) is 7.28. The largest absolute Gasteiger partial charge is 0.291 e. The summed E-state index contributed by atoms with van der Waals surface area (Å²) in [5.74, 6) is 0.490. The van der Waals surface area contributed by atoms with Gasteiger partial charge in [-0.2, -0.15) is 5.11 Å². The minimum absolute atomic E-state index is 0.490. The summed E-state index contributed by atoms with van der Waals surface area (Å²) in [7, 11) is 0. The van der Waals surface area contributed by atoms with Gasteiger partial charge < -0.3 is 0 Å². The molecule has 0 aromatic heterocycles. The van der Waals surface area contributed by atoms with E-state index in [2.05, 4.69) is 40.0 Å². The quantitative estimate of drug-likeness (QED) is 0.669. The van der Waals surface area contributed by atoms with Gasteiger partial charge in [0.25, 0.3) is 0 Å². The molecule has 1 heterocycles. The van der Waals surface area contributed by atoms with Crippen LogP contribution in [0.5, 0.6) is 0 Å². The Labute approximate surface area is 71.5 Å². The molecule has 0 saturated heterocycles. The van der Waals surface area contributed by atoms with Crippen LogP contribution >= 0.6 is 0 Å². The average molecular weight is 161 g/mol. The molecule has 0 spiro atoms. The molecule has 12 heavy (non-hydrogen) atoms. The predicted octanol–water partition coefficient (Wildman–Crippen LogP) is 1.74. The van der Waals surface area contributed by atoms with Gasteiger partial charge in [-0.3, -0.25) is 5.43 Å². The van der Waals surface area contributed by atoms with E-state index in [-0.39, 0.29) is 0 Å². The van der Waals surface area contributed by atoms with Crippen LogP contribution in [0.1, 0.15) is 11.5 Å². The molecular formula is C9H11N3. The van der Waals surface area contributed by atoms with Crippen LogP contribution in [-0.4, -0.2) is 13.1 Å². The van der Waals surface area contributed by atoms with E-state index >= 15 is 0 Å². The first-order chi connectivity index (χ1) is 5.97. The highest BCUT2D eigenvalue weighted by Crippen LogP contribution is 2.16. The molecule has 1 aliphatic heterocycles. The molecule has 0 amide bonds. The third kappa shape index (κ3) is 1.44. The third-order valence-electron chi connectivity index (χ3n) is 2.05. The Morgan fingerprint density at radius 1 is 1.25 bits per heavy atom. The number of rotatable bonds is 1. The first-order valence-electron chi connectivity index (χ1n) is 4.11. The molecule has 1 aliphatic rings. The highest BCUT2D eigenvalue weighted by molar-refractivity contribution is 5.20. The van der Waals surface area contributed by atoms with Gasteiger partial charge in [0, 0.05) is 12.5 Å². The summed E-state index contributed by atoms with van der Waals surface area (Å²) >= 11 is 0. The molecule has 0 fully saturated rings. The van der Waals surface area contributed by atoms with Gasteiger partial charge >= 0.3 is 0 Å². The number of hydrogen-bond donors (Lipinski definition) is 1. The fourth-order valence-corrected chi connectivity index (χ4v) is 1.35. The van der Waals surface area contributed by atoms with Crippen molar-refractivity contribution >= 4 is 0 Å². The van der Waals surface area contributed by atoms with E-state index in [0.29, 0.717) is 5.92 Å². The van der Waals surface area contributed by atoms with E-state index in [9.17, 15) is 0 Å². The molecule has 62 valence electrons. The van der Waals surface area contributed by atoms with Crippen molar-refractivity contribution in [1.29, 1.82) is 0 Å². The summed E-state index contributed by atoms with van der Waals surface area (Å²) in [6, 6.07) is 10.4. The van der Waals surface area contributed by atoms with Crippen LogP contribution in [0.4, 0.5) is 0 Å². The van der Waals surface area contributed by atoms with Crippen LogP contribution in [0.3, 0.4) is 0 Å². The maximum absolute atomic E-state index is 3.95. The maximum atomic E-state index is 3.95. The van der Waals surface area contributed by atoms with E-state index in [0.717, 1.165) is 13.1 Å². The lowest BCUT2D eigenvalue weighted by Gasteiger charge is -2.16. The molecular weight excluding hydrogens is 150 g/mol. The topological polar surface area (TPSA) is 36.8 Å². The molecule has 1 aromatic carbocycles. The number of nitrogens with one attached hydrogen (secondary N) is 1. The molecule has 0 aliphatic carbocycles. The summed E-state index contributed by atoms with van der Waals surface area (Å²) in [5.41, 5.74) is 4.23. The van der Waals surface area contributed by atoms with Gasteiger partial charge in [0.15, 0.2) is 0 Å². The van der Waals surface area contributed by atoms with Crippen LogP contribution in [0.2, 0.25) is 0 Å². The molecule has 0 bridgehead atoms. The van der Waals surface area contributed by atoms with E-state index in [1.165, 1.54) is 5.56 Å². The zero-order valence-electron chi connectivity index (χ0n) is 6.77. The van der Waals surface area contributed by atoms with E-state index in [4.69, 9.17) is 0 Å². The smallest absolute Gasteiger partial charge is 0.0706 e. The van der Waals surface area contributed by atoms with Crippen molar-refractivity contribution in [1.82, 2.24) is 5.43 Å². The SMILES string of the molecule is c1ccc([C@@H]2CN=NNC2)cc1. The van der Waals surface area contributed by atoms with Gasteiger partial charge in [-0.1, -0.05) is 35.6 Å². The average Bonchev–Trinajstić information content (AvgIpc) is 2.21. The van der Waals surface area contributed by atoms with E-state index in [1.54, 1.807) is 0 Å². The zero-order valence-corrected chi connectivity index (χ0v) is 6.77. The zero-order chi connectivity index (χ0) is 8.23. The number of hydrogen-bond acceptors (Lipinski definition) is 3. The van der Waals surface area contributed by atoms with Gasteiger partial charge in [0.05, 0.1) is 6.54 Å². The summed E-state index contributed by atoms with van der Waals surface area (Å²) in [6.07, 6.45) is 0. The van der Waals surface area contributed by atoms with Gasteiger partial charge in [-0.25, -0.2) is 0 Å². The molecule has 0 saturated carbocycles. The Morgan fingerprint density at radius 2 is 2.08 bits per heavy atom. The van der Waals surface area contributed by atoms with Crippen molar-refractivity contribution in [2.45, 2.75) is 5.92 Å². The number of benzene rings is 1.